The maximum atomic E-state index is 11.3. The van der Waals surface area contributed by atoms with Crippen LogP contribution in [0, 0.1) is 0 Å². The van der Waals surface area contributed by atoms with Crippen LogP contribution in [-0.4, -0.2) is 24.2 Å². The number of nitrogens with one attached hydrogen (secondary N) is 1. The molecule has 0 unspecified atom stereocenters. The van der Waals surface area contributed by atoms with Crippen molar-refractivity contribution in [3.8, 4) is 0 Å². The Bertz CT molecular complexity index is 353. The lowest BCUT2D eigenvalue weighted by Gasteiger charge is -2.06. The van der Waals surface area contributed by atoms with Crippen LogP contribution in [0.25, 0.3) is 0 Å². The molecule has 5 heteroatoms. The minimum Gasteiger partial charge on any atom is -0.399 e. The van der Waals surface area contributed by atoms with E-state index in [-0.39, 0.29) is 25.5 Å². The van der Waals surface area contributed by atoms with Crippen LogP contribution in [0.4, 0.5) is 11.4 Å². The van der Waals surface area contributed by atoms with Crippen molar-refractivity contribution in [2.24, 2.45) is 0 Å². The molecule has 82 valence electrons. The Morgan fingerprint density at radius 3 is 2.73 bits per heavy atom. The number of carbonyl (C=O) groups excluding carboxylic acids is 1. The first-order valence-corrected chi connectivity index (χ1v) is 4.65. The minimum absolute atomic E-state index is 0.0665. The Kier molecular flexibility index (Phi) is 3.93. The maximum Gasteiger partial charge on any atom is 0.224 e. The average molecular weight is 209 g/mol. The molecule has 0 aliphatic carbocycles. The number of hydrogen-bond acceptors (Lipinski definition) is 4. The average Bonchev–Trinajstić information content (AvgIpc) is 2.19. The molecular weight excluding hydrogens is 194 g/mol. The van der Waals surface area contributed by atoms with Crippen molar-refractivity contribution in [3.63, 3.8) is 0 Å². The lowest BCUT2D eigenvalue weighted by molar-refractivity contribution is -0.120. The second kappa shape index (κ2) is 5.21. The summed E-state index contributed by atoms with van der Waals surface area (Å²) in [5, 5.41) is 11.1. The summed E-state index contributed by atoms with van der Waals surface area (Å²) >= 11 is 0. The molecule has 0 bridgehead atoms. The molecule has 0 fully saturated rings. The van der Waals surface area contributed by atoms with E-state index in [2.05, 4.69) is 5.32 Å². The lowest BCUT2D eigenvalue weighted by Crippen LogP contribution is -2.28. The highest BCUT2D eigenvalue weighted by Gasteiger charge is 2.05. The molecule has 0 spiro atoms. The van der Waals surface area contributed by atoms with Gasteiger partial charge in [0.05, 0.1) is 13.0 Å². The Morgan fingerprint density at radius 1 is 1.40 bits per heavy atom. The first-order valence-electron chi connectivity index (χ1n) is 4.65. The smallest absolute Gasteiger partial charge is 0.224 e. The van der Waals surface area contributed by atoms with Crippen LogP contribution in [0.2, 0.25) is 0 Å². The summed E-state index contributed by atoms with van der Waals surface area (Å²) in [5.74, 6) is -0.166. The fourth-order valence-electron chi connectivity index (χ4n) is 1.21. The normalized spacial score (nSPS) is 9.93. The van der Waals surface area contributed by atoms with Gasteiger partial charge in [-0.25, -0.2) is 0 Å². The van der Waals surface area contributed by atoms with Gasteiger partial charge in [0.25, 0.3) is 0 Å². The topological polar surface area (TPSA) is 101 Å². The van der Waals surface area contributed by atoms with E-state index in [1.807, 2.05) is 0 Å². The molecule has 0 heterocycles. The Labute approximate surface area is 88.1 Å². The van der Waals surface area contributed by atoms with Gasteiger partial charge in [-0.05, 0) is 17.7 Å². The molecule has 1 rings (SSSR count). The van der Waals surface area contributed by atoms with Crippen LogP contribution in [0.1, 0.15) is 5.56 Å². The van der Waals surface area contributed by atoms with Crippen molar-refractivity contribution in [1.29, 1.82) is 0 Å². The third-order valence-electron chi connectivity index (χ3n) is 1.95. The number of benzene rings is 1. The van der Waals surface area contributed by atoms with E-state index in [1.54, 1.807) is 18.2 Å². The van der Waals surface area contributed by atoms with Crippen LogP contribution in [0.15, 0.2) is 18.2 Å². The van der Waals surface area contributed by atoms with E-state index in [0.29, 0.717) is 11.4 Å². The van der Waals surface area contributed by atoms with Gasteiger partial charge < -0.3 is 21.9 Å². The highest BCUT2D eigenvalue weighted by molar-refractivity contribution is 5.80. The number of hydrogen-bond donors (Lipinski definition) is 4. The molecule has 0 aliphatic heterocycles. The summed E-state index contributed by atoms with van der Waals surface area (Å²) < 4.78 is 0. The van der Waals surface area contributed by atoms with Crippen molar-refractivity contribution in [3.05, 3.63) is 23.8 Å². The largest absolute Gasteiger partial charge is 0.399 e. The van der Waals surface area contributed by atoms with Gasteiger partial charge in [0.2, 0.25) is 5.91 Å². The molecule has 1 amide bonds. The van der Waals surface area contributed by atoms with Gasteiger partial charge in [0, 0.05) is 17.9 Å². The summed E-state index contributed by atoms with van der Waals surface area (Å²) in [7, 11) is 0. The van der Waals surface area contributed by atoms with Crippen molar-refractivity contribution in [1.82, 2.24) is 5.32 Å². The van der Waals surface area contributed by atoms with Crippen molar-refractivity contribution in [2.45, 2.75) is 6.42 Å². The third kappa shape index (κ3) is 3.47. The first kappa shape index (κ1) is 11.3. The van der Waals surface area contributed by atoms with E-state index < -0.39 is 0 Å². The van der Waals surface area contributed by atoms with Gasteiger partial charge in [-0.1, -0.05) is 6.07 Å². The first-order chi connectivity index (χ1) is 7.13. The van der Waals surface area contributed by atoms with Gasteiger partial charge in [-0.2, -0.15) is 0 Å². The van der Waals surface area contributed by atoms with Gasteiger partial charge in [-0.3, -0.25) is 4.79 Å². The SMILES string of the molecule is Nc1ccc(CC(=O)NCCO)c(N)c1. The second-order valence-corrected chi connectivity index (χ2v) is 3.21. The number of nitrogens with two attached hydrogens (primary N) is 2. The molecule has 0 aromatic heterocycles. The Balaban J connectivity index is 2.60. The summed E-state index contributed by atoms with van der Waals surface area (Å²) in [6.07, 6.45) is 0.201. The molecule has 0 saturated carbocycles. The van der Waals surface area contributed by atoms with Gasteiger partial charge in [0.1, 0.15) is 0 Å². The van der Waals surface area contributed by atoms with Crippen molar-refractivity contribution < 1.29 is 9.90 Å². The number of aliphatic hydroxyl groups excluding tert-OH is 1. The van der Waals surface area contributed by atoms with Crippen LogP contribution in [-0.2, 0) is 11.2 Å². The molecular formula is C10H15N3O2. The molecule has 0 saturated heterocycles. The van der Waals surface area contributed by atoms with Crippen molar-refractivity contribution in [2.75, 3.05) is 24.6 Å². The predicted molar refractivity (Wildman–Crippen MR) is 59.1 cm³/mol. The minimum atomic E-state index is -0.166. The zero-order chi connectivity index (χ0) is 11.3. The molecule has 5 nitrogen and oxygen atoms in total. The summed E-state index contributed by atoms with van der Waals surface area (Å²) in [4.78, 5) is 11.3. The van der Waals surface area contributed by atoms with E-state index in [4.69, 9.17) is 16.6 Å². The highest BCUT2D eigenvalue weighted by atomic mass is 16.3. The van der Waals surface area contributed by atoms with Crippen LogP contribution >= 0.6 is 0 Å². The monoisotopic (exact) mass is 209 g/mol. The van der Waals surface area contributed by atoms with Crippen LogP contribution < -0.4 is 16.8 Å². The summed E-state index contributed by atoms with van der Waals surface area (Å²) in [6, 6.07) is 5.04. The fourth-order valence-corrected chi connectivity index (χ4v) is 1.21. The van der Waals surface area contributed by atoms with E-state index in [9.17, 15) is 4.79 Å². The zero-order valence-electron chi connectivity index (χ0n) is 8.36. The number of carbonyl (C=O) groups is 1. The Hall–Kier alpha value is -1.75. The number of amides is 1. The fraction of sp³-hybridized carbons (Fsp3) is 0.300. The second-order valence-electron chi connectivity index (χ2n) is 3.21. The zero-order valence-corrected chi connectivity index (χ0v) is 8.36. The molecule has 0 radical (unpaired) electrons. The van der Waals surface area contributed by atoms with Gasteiger partial charge in [0.15, 0.2) is 0 Å². The number of nitrogen functional groups attached to an aromatic ring is 2. The van der Waals surface area contributed by atoms with E-state index in [1.165, 1.54) is 0 Å². The predicted octanol–water partition coefficient (Wildman–Crippen LogP) is -0.498. The standard InChI is InChI=1S/C10H15N3O2/c11-8-2-1-7(9(12)6-8)5-10(15)13-3-4-14/h1-2,6,14H,3-5,11-12H2,(H,13,15). The quantitative estimate of drug-likeness (QED) is 0.502. The number of rotatable bonds is 4. The summed E-state index contributed by atoms with van der Waals surface area (Å²) in [6.45, 7) is 0.191. The molecule has 1 aromatic carbocycles. The molecule has 6 N–H and O–H groups in total. The maximum absolute atomic E-state index is 11.3. The summed E-state index contributed by atoms with van der Waals surface area (Å²) in [5.41, 5.74) is 13.0. The molecule has 0 atom stereocenters. The van der Waals surface area contributed by atoms with Gasteiger partial charge >= 0.3 is 0 Å². The molecule has 15 heavy (non-hydrogen) atoms. The van der Waals surface area contributed by atoms with Crippen molar-refractivity contribution >= 4 is 17.3 Å². The van der Waals surface area contributed by atoms with Crippen LogP contribution in [0.5, 0.6) is 0 Å². The number of anilines is 2. The lowest BCUT2D eigenvalue weighted by atomic mass is 10.1. The highest BCUT2D eigenvalue weighted by Crippen LogP contribution is 2.15. The Morgan fingerprint density at radius 2 is 2.13 bits per heavy atom. The third-order valence-corrected chi connectivity index (χ3v) is 1.95. The van der Waals surface area contributed by atoms with Crippen LogP contribution in [0.3, 0.4) is 0 Å². The number of aliphatic hydroxyl groups is 1. The van der Waals surface area contributed by atoms with Gasteiger partial charge in [-0.15, -0.1) is 0 Å². The van der Waals surface area contributed by atoms with E-state index in [0.717, 1.165) is 5.56 Å². The van der Waals surface area contributed by atoms with E-state index >= 15 is 0 Å². The molecule has 0 aliphatic rings. The molecule has 1 aromatic rings.